The quantitative estimate of drug-likeness (QED) is 0.400. The van der Waals surface area contributed by atoms with Crippen LogP contribution in [0.3, 0.4) is 0 Å². The predicted octanol–water partition coefficient (Wildman–Crippen LogP) is 5.69. The minimum absolute atomic E-state index is 0.124. The van der Waals surface area contributed by atoms with Crippen LogP contribution in [-0.2, 0) is 22.6 Å². The summed E-state index contributed by atoms with van der Waals surface area (Å²) in [6.45, 7) is 4.97. The highest BCUT2D eigenvalue weighted by Gasteiger charge is 2.31. The van der Waals surface area contributed by atoms with Crippen LogP contribution < -0.4 is 5.32 Å². The van der Waals surface area contributed by atoms with E-state index < -0.39 is 6.04 Å². The number of hydrogen-bond donors (Lipinski definition) is 1. The van der Waals surface area contributed by atoms with Gasteiger partial charge in [0.05, 0.1) is 0 Å². The van der Waals surface area contributed by atoms with E-state index in [2.05, 4.69) is 19.2 Å². The molecule has 0 aliphatic carbocycles. The van der Waals surface area contributed by atoms with E-state index >= 15 is 0 Å². The van der Waals surface area contributed by atoms with Crippen LogP contribution in [0.25, 0.3) is 0 Å². The fourth-order valence-electron chi connectivity index (χ4n) is 3.84. The number of aryl methyl sites for hydroxylation is 1. The summed E-state index contributed by atoms with van der Waals surface area (Å²) in [6.07, 6.45) is 1.71. The Kier molecular flexibility index (Phi) is 9.39. The number of nitrogens with one attached hydrogen (secondary N) is 1. The lowest BCUT2D eigenvalue weighted by Gasteiger charge is -2.32. The minimum atomic E-state index is -0.776. The molecular weight excluding hydrogens is 427 g/mol. The predicted molar refractivity (Wildman–Crippen MR) is 133 cm³/mol. The van der Waals surface area contributed by atoms with Gasteiger partial charge in [-0.25, -0.2) is 4.39 Å². The topological polar surface area (TPSA) is 49.4 Å². The molecule has 0 fully saturated rings. The number of carbonyl (C=O) groups is 2. The zero-order valence-corrected chi connectivity index (χ0v) is 19.9. The third kappa shape index (κ3) is 7.55. The van der Waals surface area contributed by atoms with Crippen molar-refractivity contribution in [1.29, 1.82) is 0 Å². The zero-order valence-electron chi connectivity index (χ0n) is 19.9. The van der Waals surface area contributed by atoms with E-state index in [0.29, 0.717) is 18.9 Å². The Labute approximate surface area is 201 Å². The lowest BCUT2D eigenvalue weighted by molar-refractivity contribution is -0.141. The molecule has 3 aromatic rings. The summed E-state index contributed by atoms with van der Waals surface area (Å²) in [4.78, 5) is 28.6. The molecule has 34 heavy (non-hydrogen) atoms. The van der Waals surface area contributed by atoms with Gasteiger partial charge in [-0.05, 0) is 47.6 Å². The van der Waals surface area contributed by atoms with Gasteiger partial charge in [-0.3, -0.25) is 9.59 Å². The van der Waals surface area contributed by atoms with E-state index in [1.54, 1.807) is 17.0 Å². The zero-order chi connectivity index (χ0) is 24.3. The minimum Gasteiger partial charge on any atom is -0.354 e. The molecule has 3 aromatic carbocycles. The molecule has 4 nitrogen and oxygen atoms in total. The normalized spacial score (nSPS) is 11.8. The Balaban J connectivity index is 1.89. The molecule has 3 rings (SSSR count). The van der Waals surface area contributed by atoms with Crippen molar-refractivity contribution in [2.45, 2.75) is 45.7 Å². The second-order valence-corrected chi connectivity index (χ2v) is 8.92. The smallest absolute Gasteiger partial charge is 0.247 e. The van der Waals surface area contributed by atoms with Crippen molar-refractivity contribution in [3.8, 4) is 0 Å². The first kappa shape index (κ1) is 25.2. The second-order valence-electron chi connectivity index (χ2n) is 8.92. The maximum absolute atomic E-state index is 13.6. The van der Waals surface area contributed by atoms with Gasteiger partial charge in [0.25, 0.3) is 0 Å². The van der Waals surface area contributed by atoms with Crippen LogP contribution in [0.4, 0.5) is 4.39 Å². The van der Waals surface area contributed by atoms with Gasteiger partial charge in [0.1, 0.15) is 11.9 Å². The summed E-state index contributed by atoms with van der Waals surface area (Å²) in [5.74, 6) is -0.210. The van der Waals surface area contributed by atoms with E-state index in [1.165, 1.54) is 12.1 Å². The number of carbonyl (C=O) groups excluding carboxylic acids is 2. The van der Waals surface area contributed by atoms with Crippen molar-refractivity contribution < 1.29 is 14.0 Å². The van der Waals surface area contributed by atoms with Gasteiger partial charge in [-0.15, -0.1) is 0 Å². The first-order chi connectivity index (χ1) is 16.4. The van der Waals surface area contributed by atoms with Crippen LogP contribution >= 0.6 is 0 Å². The van der Waals surface area contributed by atoms with Crippen LogP contribution in [0, 0.1) is 11.7 Å². The summed E-state index contributed by atoms with van der Waals surface area (Å²) in [7, 11) is 0. The van der Waals surface area contributed by atoms with Gasteiger partial charge in [0, 0.05) is 19.5 Å². The number of amides is 2. The molecule has 0 spiro atoms. The molecule has 0 aliphatic rings. The van der Waals surface area contributed by atoms with Crippen molar-refractivity contribution >= 4 is 11.8 Å². The van der Waals surface area contributed by atoms with E-state index in [-0.39, 0.29) is 30.6 Å². The highest BCUT2D eigenvalue weighted by molar-refractivity contribution is 5.88. The average molecular weight is 461 g/mol. The summed E-state index contributed by atoms with van der Waals surface area (Å²) in [6, 6.07) is 24.5. The fraction of sp³-hybridized carbons (Fsp3) is 0.310. The Hall–Kier alpha value is -3.47. The van der Waals surface area contributed by atoms with Gasteiger partial charge in [0.2, 0.25) is 11.8 Å². The van der Waals surface area contributed by atoms with Crippen LogP contribution in [-0.4, -0.2) is 23.3 Å². The SMILES string of the molecule is CC(C)CCNC(=O)[C@H](c1ccccc1)N(Cc1ccc(F)cc1)C(=O)CCc1ccccc1. The lowest BCUT2D eigenvalue weighted by atomic mass is 10.0. The molecule has 2 amide bonds. The van der Waals surface area contributed by atoms with Gasteiger partial charge in [-0.1, -0.05) is 86.6 Å². The standard InChI is InChI=1S/C29H33FN2O2/c1-22(2)19-20-31-29(34)28(25-11-7-4-8-12-25)32(21-24-13-16-26(30)17-14-24)27(33)18-15-23-9-5-3-6-10-23/h3-14,16-17,22,28H,15,18-21H2,1-2H3,(H,31,34)/t28-/m0/s1. The lowest BCUT2D eigenvalue weighted by Crippen LogP contribution is -2.43. The monoisotopic (exact) mass is 460 g/mol. The van der Waals surface area contributed by atoms with Crippen LogP contribution in [0.5, 0.6) is 0 Å². The Morgan fingerprint density at radius 3 is 2.09 bits per heavy atom. The van der Waals surface area contributed by atoms with Crippen molar-refractivity contribution in [3.05, 3.63) is 107 Å². The first-order valence-corrected chi connectivity index (χ1v) is 11.8. The van der Waals surface area contributed by atoms with Crippen LogP contribution in [0.1, 0.15) is 49.4 Å². The summed E-state index contributed by atoms with van der Waals surface area (Å²) < 4.78 is 13.5. The van der Waals surface area contributed by atoms with Gasteiger partial charge >= 0.3 is 0 Å². The van der Waals surface area contributed by atoms with E-state index in [4.69, 9.17) is 0 Å². The summed E-state index contributed by atoms with van der Waals surface area (Å²) in [5, 5.41) is 3.02. The summed E-state index contributed by atoms with van der Waals surface area (Å²) >= 11 is 0. The molecule has 0 aliphatic heterocycles. The molecule has 0 radical (unpaired) electrons. The Morgan fingerprint density at radius 1 is 0.853 bits per heavy atom. The van der Waals surface area contributed by atoms with Gasteiger partial charge < -0.3 is 10.2 Å². The highest BCUT2D eigenvalue weighted by atomic mass is 19.1. The van der Waals surface area contributed by atoms with E-state index in [1.807, 2.05) is 60.7 Å². The average Bonchev–Trinajstić information content (AvgIpc) is 2.84. The third-order valence-corrected chi connectivity index (χ3v) is 5.75. The number of benzene rings is 3. The van der Waals surface area contributed by atoms with Crippen LogP contribution in [0.15, 0.2) is 84.9 Å². The number of halogens is 1. The van der Waals surface area contributed by atoms with Crippen molar-refractivity contribution in [1.82, 2.24) is 10.2 Å². The number of hydrogen-bond acceptors (Lipinski definition) is 2. The molecule has 5 heteroatoms. The first-order valence-electron chi connectivity index (χ1n) is 11.8. The molecule has 0 saturated carbocycles. The second kappa shape index (κ2) is 12.7. The Bertz CT molecular complexity index is 1040. The number of nitrogens with zero attached hydrogens (tertiary/aromatic N) is 1. The van der Waals surface area contributed by atoms with Crippen molar-refractivity contribution in [2.75, 3.05) is 6.54 Å². The largest absolute Gasteiger partial charge is 0.354 e. The molecule has 1 N–H and O–H groups in total. The maximum atomic E-state index is 13.6. The molecule has 0 heterocycles. The van der Waals surface area contributed by atoms with Gasteiger partial charge in [0.15, 0.2) is 0 Å². The third-order valence-electron chi connectivity index (χ3n) is 5.75. The Morgan fingerprint density at radius 2 is 1.47 bits per heavy atom. The molecule has 178 valence electrons. The fourth-order valence-corrected chi connectivity index (χ4v) is 3.84. The van der Waals surface area contributed by atoms with Gasteiger partial charge in [-0.2, -0.15) is 0 Å². The van der Waals surface area contributed by atoms with E-state index in [0.717, 1.165) is 23.1 Å². The van der Waals surface area contributed by atoms with Crippen molar-refractivity contribution in [2.24, 2.45) is 5.92 Å². The van der Waals surface area contributed by atoms with Crippen LogP contribution in [0.2, 0.25) is 0 Å². The summed E-state index contributed by atoms with van der Waals surface area (Å²) in [5.41, 5.74) is 2.58. The number of rotatable bonds is 11. The molecule has 0 unspecified atom stereocenters. The highest BCUT2D eigenvalue weighted by Crippen LogP contribution is 2.25. The molecule has 0 saturated heterocycles. The maximum Gasteiger partial charge on any atom is 0.247 e. The van der Waals surface area contributed by atoms with E-state index in [9.17, 15) is 14.0 Å². The molecule has 1 atom stereocenters. The molecular formula is C29H33FN2O2. The molecule has 0 bridgehead atoms. The van der Waals surface area contributed by atoms with Crippen molar-refractivity contribution in [3.63, 3.8) is 0 Å². The molecule has 0 aromatic heterocycles.